The van der Waals surface area contributed by atoms with Crippen LogP contribution in [0.5, 0.6) is 0 Å². The van der Waals surface area contributed by atoms with Gasteiger partial charge >= 0.3 is 0 Å². The molecule has 1 aliphatic heterocycles. The van der Waals surface area contributed by atoms with Gasteiger partial charge in [-0.1, -0.05) is 43.6 Å². The molecule has 7 heteroatoms. The summed E-state index contributed by atoms with van der Waals surface area (Å²) in [5.41, 5.74) is 5.75. The van der Waals surface area contributed by atoms with Crippen molar-refractivity contribution >= 4 is 29.1 Å². The summed E-state index contributed by atoms with van der Waals surface area (Å²) in [6, 6.07) is 9.96. The number of halogens is 1. The lowest BCUT2D eigenvalue weighted by atomic mass is 9.84. The quantitative estimate of drug-likeness (QED) is 0.727. The Balaban J connectivity index is 2.19. The first-order chi connectivity index (χ1) is 13.7. The van der Waals surface area contributed by atoms with E-state index in [2.05, 4.69) is 18.7 Å². The molecule has 3 rings (SSSR count). The topological polar surface area (TPSA) is 86.9 Å². The second-order valence-electron chi connectivity index (χ2n) is 7.23. The van der Waals surface area contributed by atoms with Crippen LogP contribution in [0.4, 0.5) is 5.69 Å². The largest absolute Gasteiger partial charge is 0.372 e. The number of nitrogens with two attached hydrogens (primary N) is 1. The van der Waals surface area contributed by atoms with E-state index in [4.69, 9.17) is 17.3 Å². The van der Waals surface area contributed by atoms with Crippen LogP contribution in [-0.2, 0) is 10.4 Å². The van der Waals surface area contributed by atoms with Crippen LogP contribution in [0.3, 0.4) is 0 Å². The third-order valence-electron chi connectivity index (χ3n) is 5.60. The lowest BCUT2D eigenvalue weighted by molar-refractivity contribution is -0.132. The van der Waals surface area contributed by atoms with Gasteiger partial charge in [-0.2, -0.15) is 0 Å². The van der Waals surface area contributed by atoms with Gasteiger partial charge in [0.1, 0.15) is 0 Å². The van der Waals surface area contributed by atoms with Crippen molar-refractivity contribution < 1.29 is 14.7 Å². The number of hydrogen-bond acceptors (Lipinski definition) is 4. The van der Waals surface area contributed by atoms with Crippen LogP contribution in [0, 0.1) is 6.92 Å². The van der Waals surface area contributed by atoms with Crippen LogP contribution in [0.15, 0.2) is 36.4 Å². The molecule has 0 fully saturated rings. The molecule has 0 radical (unpaired) electrons. The highest BCUT2D eigenvalue weighted by atomic mass is 35.5. The van der Waals surface area contributed by atoms with E-state index < -0.39 is 17.4 Å². The van der Waals surface area contributed by atoms with Crippen molar-refractivity contribution in [2.45, 2.75) is 26.4 Å². The summed E-state index contributed by atoms with van der Waals surface area (Å²) >= 11 is 6.37. The zero-order chi connectivity index (χ0) is 21.3. The number of aliphatic hydroxyl groups is 1. The summed E-state index contributed by atoms with van der Waals surface area (Å²) in [5, 5.41) is 12.0. The average Bonchev–Trinajstić information content (AvgIpc) is 2.91. The minimum atomic E-state index is -1.92. The second-order valence-corrected chi connectivity index (χ2v) is 7.63. The highest BCUT2D eigenvalue weighted by molar-refractivity contribution is 6.32. The number of likely N-dealkylation sites (N-methyl/N-ethyl adjacent to an activating group) is 1. The van der Waals surface area contributed by atoms with Crippen molar-refractivity contribution in [3.8, 4) is 0 Å². The lowest BCUT2D eigenvalue weighted by Gasteiger charge is -2.26. The number of hydrogen-bond donors (Lipinski definition) is 2. The summed E-state index contributed by atoms with van der Waals surface area (Å²) in [6.07, 6.45) is 0. The van der Waals surface area contributed by atoms with Gasteiger partial charge in [0.15, 0.2) is 5.60 Å². The Bertz CT molecular complexity index is 958. The Morgan fingerprint density at radius 2 is 1.90 bits per heavy atom. The maximum absolute atomic E-state index is 13.5. The van der Waals surface area contributed by atoms with Gasteiger partial charge < -0.3 is 20.6 Å². The summed E-state index contributed by atoms with van der Waals surface area (Å²) < 4.78 is 0. The molecule has 0 saturated carbocycles. The number of anilines is 1. The van der Waals surface area contributed by atoms with E-state index in [0.29, 0.717) is 46.1 Å². The van der Waals surface area contributed by atoms with Crippen LogP contribution >= 0.6 is 11.6 Å². The van der Waals surface area contributed by atoms with E-state index >= 15 is 0 Å². The van der Waals surface area contributed by atoms with Crippen LogP contribution in [0.1, 0.15) is 40.9 Å². The number of carbonyl (C=O) groups excluding carboxylic acids is 2. The number of nitrogens with zero attached hydrogens (tertiary/aromatic N) is 2. The summed E-state index contributed by atoms with van der Waals surface area (Å²) in [6.45, 7) is 8.57. The molecule has 0 bridgehead atoms. The molecule has 0 spiro atoms. The van der Waals surface area contributed by atoms with Crippen molar-refractivity contribution in [3.05, 3.63) is 63.7 Å². The fraction of sp³-hybridized carbons (Fsp3) is 0.364. The zero-order valence-corrected chi connectivity index (χ0v) is 17.7. The number of primary amides is 1. The fourth-order valence-corrected chi connectivity index (χ4v) is 4.29. The number of aryl methyl sites for hydroxylation is 1. The van der Waals surface area contributed by atoms with E-state index in [1.165, 1.54) is 4.90 Å². The molecule has 6 nitrogen and oxygen atoms in total. The molecule has 3 N–H and O–H groups in total. The Morgan fingerprint density at radius 1 is 1.24 bits per heavy atom. The predicted molar refractivity (Wildman–Crippen MR) is 114 cm³/mol. The van der Waals surface area contributed by atoms with Crippen molar-refractivity contribution in [1.29, 1.82) is 0 Å². The van der Waals surface area contributed by atoms with Crippen LogP contribution in [-0.4, -0.2) is 48.0 Å². The first-order valence-corrected chi connectivity index (χ1v) is 10.1. The normalized spacial score (nSPS) is 18.4. The highest BCUT2D eigenvalue weighted by Crippen LogP contribution is 2.48. The van der Waals surface area contributed by atoms with Gasteiger partial charge in [0.2, 0.25) is 5.91 Å². The molecule has 1 aliphatic rings. The highest BCUT2D eigenvalue weighted by Gasteiger charge is 2.53. The van der Waals surface area contributed by atoms with E-state index in [1.807, 2.05) is 0 Å². The Hall–Kier alpha value is -2.41. The minimum absolute atomic E-state index is 0.297. The van der Waals surface area contributed by atoms with Gasteiger partial charge in [0.05, 0.1) is 5.69 Å². The SMILES string of the molecule is CCN(CC)CCN1C(=O)C(O)(c2ccccc2Cl)c2c(C)cc(C(N)=O)cc21. The monoisotopic (exact) mass is 415 g/mol. The predicted octanol–water partition coefficient (Wildman–Crippen LogP) is 2.67. The minimum Gasteiger partial charge on any atom is -0.372 e. The first-order valence-electron chi connectivity index (χ1n) is 9.72. The van der Waals surface area contributed by atoms with Crippen molar-refractivity contribution in [1.82, 2.24) is 4.90 Å². The fourth-order valence-electron chi connectivity index (χ4n) is 4.01. The third-order valence-corrected chi connectivity index (χ3v) is 5.93. The van der Waals surface area contributed by atoms with E-state index in [-0.39, 0.29) is 0 Å². The molecular weight excluding hydrogens is 390 g/mol. The van der Waals surface area contributed by atoms with Gasteiger partial charge in [-0.3, -0.25) is 9.59 Å². The van der Waals surface area contributed by atoms with Crippen molar-refractivity contribution in [3.63, 3.8) is 0 Å². The van der Waals surface area contributed by atoms with Crippen LogP contribution in [0.2, 0.25) is 5.02 Å². The number of benzene rings is 2. The summed E-state index contributed by atoms with van der Waals surface area (Å²) in [4.78, 5) is 29.1. The zero-order valence-electron chi connectivity index (χ0n) is 16.9. The molecule has 2 amide bonds. The second kappa shape index (κ2) is 8.14. The van der Waals surface area contributed by atoms with Gasteiger partial charge in [0, 0.05) is 34.8 Å². The van der Waals surface area contributed by atoms with Crippen molar-refractivity contribution in [2.75, 3.05) is 31.1 Å². The molecule has 0 saturated heterocycles. The molecule has 154 valence electrons. The van der Waals surface area contributed by atoms with E-state index in [9.17, 15) is 14.7 Å². The van der Waals surface area contributed by atoms with Gasteiger partial charge in [-0.05, 0) is 43.8 Å². The van der Waals surface area contributed by atoms with Gasteiger partial charge in [0.25, 0.3) is 5.91 Å². The van der Waals surface area contributed by atoms with Gasteiger partial charge in [-0.15, -0.1) is 0 Å². The van der Waals surface area contributed by atoms with Crippen LogP contribution < -0.4 is 10.6 Å². The molecule has 0 aliphatic carbocycles. The smallest absolute Gasteiger partial charge is 0.268 e. The average molecular weight is 416 g/mol. The summed E-state index contributed by atoms with van der Waals surface area (Å²) in [5.74, 6) is -1.06. The first kappa shape index (κ1) is 21.3. The third kappa shape index (κ3) is 3.52. The van der Waals surface area contributed by atoms with E-state index in [1.54, 1.807) is 43.3 Å². The Kier molecular flexibility index (Phi) is 5.98. The van der Waals surface area contributed by atoms with E-state index in [0.717, 1.165) is 13.1 Å². The molecule has 2 aromatic rings. The number of amides is 2. The molecule has 2 aromatic carbocycles. The number of fused-ring (bicyclic) bond motifs is 1. The van der Waals surface area contributed by atoms with Crippen LogP contribution in [0.25, 0.3) is 0 Å². The Morgan fingerprint density at radius 3 is 2.48 bits per heavy atom. The lowest BCUT2D eigenvalue weighted by Crippen LogP contribution is -2.44. The van der Waals surface area contributed by atoms with Crippen molar-refractivity contribution in [2.24, 2.45) is 5.73 Å². The molecule has 29 heavy (non-hydrogen) atoms. The maximum atomic E-state index is 13.5. The Labute approximate surface area is 175 Å². The molecule has 1 unspecified atom stereocenters. The number of rotatable bonds is 7. The molecule has 0 aromatic heterocycles. The number of carbonyl (C=O) groups is 2. The molecular formula is C22H26ClN3O3. The molecule has 1 heterocycles. The standard InChI is InChI=1S/C22H26ClN3O3/c1-4-25(5-2)10-11-26-18-13-15(20(24)27)12-14(3)19(18)22(29,21(26)28)16-8-6-7-9-17(16)23/h6-9,12-13,29H,4-5,10-11H2,1-3H3,(H2,24,27). The van der Waals surface area contributed by atoms with Gasteiger partial charge in [-0.25, -0.2) is 0 Å². The molecule has 1 atom stereocenters. The summed E-state index contributed by atoms with van der Waals surface area (Å²) in [7, 11) is 0. The maximum Gasteiger partial charge on any atom is 0.268 e.